The fourth-order valence-electron chi connectivity index (χ4n) is 5.11. The van der Waals surface area contributed by atoms with Gasteiger partial charge in [0.2, 0.25) is 0 Å². The maximum atomic E-state index is 13.2. The summed E-state index contributed by atoms with van der Waals surface area (Å²) in [6.45, 7) is 5.01. The first kappa shape index (κ1) is 25.8. The maximum Gasteiger partial charge on any atom is 0.261 e. The normalized spacial score (nSPS) is 20.1. The van der Waals surface area contributed by atoms with Gasteiger partial charge in [0.15, 0.2) is 11.5 Å². The number of rotatable bonds is 8. The van der Waals surface area contributed by atoms with Crippen molar-refractivity contribution in [2.75, 3.05) is 23.3 Å². The largest absolute Gasteiger partial charge is 0.490 e. The molecule has 0 saturated heterocycles. The molecule has 2 aliphatic rings. The molecule has 3 aromatic carbocycles. The Balaban J connectivity index is 1.47. The molecule has 0 bridgehead atoms. The summed E-state index contributed by atoms with van der Waals surface area (Å²) in [4.78, 5) is 0.177. The van der Waals surface area contributed by atoms with E-state index in [1.165, 1.54) is 6.07 Å². The molecule has 194 valence electrons. The van der Waals surface area contributed by atoms with Gasteiger partial charge in [-0.25, -0.2) is 8.42 Å². The molecule has 0 fully saturated rings. The van der Waals surface area contributed by atoms with E-state index in [0.29, 0.717) is 18.2 Å². The third kappa shape index (κ3) is 5.13. The Kier molecular flexibility index (Phi) is 7.30. The number of anilines is 2. The number of benzene rings is 3. The maximum absolute atomic E-state index is 13.2. The molecule has 1 aliphatic carbocycles. The summed E-state index contributed by atoms with van der Waals surface area (Å²) >= 11 is 12.1. The Hall–Kier alpha value is -2.87. The fraction of sp³-hybridized carbons (Fsp3) is 0.286. The highest BCUT2D eigenvalue weighted by Gasteiger charge is 2.38. The van der Waals surface area contributed by atoms with Crippen molar-refractivity contribution in [1.82, 2.24) is 0 Å². The van der Waals surface area contributed by atoms with Gasteiger partial charge in [0, 0.05) is 16.6 Å². The SMILES string of the molecule is CCOc1ccc([C@H]2Nc3ccc(S(=O)(=O)Nc4ccc(Cl)cc4Cl)cc3[C@H]3C=CC[C@H]32)cc1OCC. The second-order valence-corrected chi connectivity index (χ2v) is 11.6. The third-order valence-electron chi connectivity index (χ3n) is 6.75. The summed E-state index contributed by atoms with van der Waals surface area (Å²) in [5.41, 5.74) is 3.25. The molecule has 3 aromatic rings. The van der Waals surface area contributed by atoms with Crippen LogP contribution in [0.4, 0.5) is 11.4 Å². The van der Waals surface area contributed by atoms with Crippen LogP contribution in [-0.4, -0.2) is 21.6 Å². The number of nitrogens with one attached hydrogen (secondary N) is 2. The topological polar surface area (TPSA) is 76.7 Å². The zero-order chi connectivity index (χ0) is 26.2. The lowest BCUT2D eigenvalue weighted by molar-refractivity contribution is 0.287. The molecule has 5 rings (SSSR count). The van der Waals surface area contributed by atoms with E-state index in [9.17, 15) is 8.42 Å². The van der Waals surface area contributed by atoms with Crippen molar-refractivity contribution in [3.8, 4) is 11.5 Å². The summed E-state index contributed by atoms with van der Waals surface area (Å²) in [7, 11) is -3.86. The Morgan fingerprint density at radius 3 is 2.51 bits per heavy atom. The van der Waals surface area contributed by atoms with Gasteiger partial charge in [0.05, 0.1) is 34.9 Å². The van der Waals surface area contributed by atoms with Gasteiger partial charge in [-0.15, -0.1) is 0 Å². The van der Waals surface area contributed by atoms with Gasteiger partial charge in [-0.2, -0.15) is 0 Å². The number of sulfonamides is 1. The van der Waals surface area contributed by atoms with Gasteiger partial charge in [0.25, 0.3) is 10.0 Å². The highest BCUT2D eigenvalue weighted by Crippen LogP contribution is 2.51. The first-order valence-electron chi connectivity index (χ1n) is 12.2. The van der Waals surface area contributed by atoms with Crippen LogP contribution in [0.5, 0.6) is 11.5 Å². The first-order valence-corrected chi connectivity index (χ1v) is 14.5. The van der Waals surface area contributed by atoms with Crippen molar-refractivity contribution in [2.24, 2.45) is 5.92 Å². The molecule has 0 saturated carbocycles. The molecule has 6 nitrogen and oxygen atoms in total. The molecule has 1 heterocycles. The average molecular weight is 560 g/mol. The molecule has 0 amide bonds. The van der Waals surface area contributed by atoms with Crippen molar-refractivity contribution in [3.05, 3.63) is 87.9 Å². The van der Waals surface area contributed by atoms with Crippen LogP contribution in [0.1, 0.15) is 43.4 Å². The van der Waals surface area contributed by atoms with Gasteiger partial charge in [0.1, 0.15) is 0 Å². The van der Waals surface area contributed by atoms with Crippen molar-refractivity contribution in [3.63, 3.8) is 0 Å². The van der Waals surface area contributed by atoms with Gasteiger partial charge in [-0.1, -0.05) is 41.4 Å². The smallest absolute Gasteiger partial charge is 0.261 e. The van der Waals surface area contributed by atoms with E-state index in [0.717, 1.165) is 34.7 Å². The van der Waals surface area contributed by atoms with Crippen LogP contribution in [0.3, 0.4) is 0 Å². The Labute approximate surface area is 227 Å². The Morgan fingerprint density at radius 2 is 1.76 bits per heavy atom. The minimum absolute atomic E-state index is 0.0378. The van der Waals surface area contributed by atoms with E-state index in [2.05, 4.69) is 28.3 Å². The first-order chi connectivity index (χ1) is 17.8. The zero-order valence-electron chi connectivity index (χ0n) is 20.5. The van der Waals surface area contributed by atoms with Gasteiger partial charge >= 0.3 is 0 Å². The number of allylic oxidation sites excluding steroid dienone is 2. The summed E-state index contributed by atoms with van der Waals surface area (Å²) in [5.74, 6) is 1.77. The van der Waals surface area contributed by atoms with E-state index in [1.807, 2.05) is 32.0 Å². The lowest BCUT2D eigenvalue weighted by atomic mass is 9.77. The minimum atomic E-state index is -3.86. The monoisotopic (exact) mass is 558 g/mol. The van der Waals surface area contributed by atoms with Crippen LogP contribution >= 0.6 is 23.2 Å². The van der Waals surface area contributed by atoms with Crippen LogP contribution in [0.25, 0.3) is 0 Å². The summed E-state index contributed by atoms with van der Waals surface area (Å²) in [6, 6.07) is 16.0. The van der Waals surface area contributed by atoms with Crippen molar-refractivity contribution in [1.29, 1.82) is 0 Å². The Morgan fingerprint density at radius 1 is 0.973 bits per heavy atom. The van der Waals surface area contributed by atoms with Crippen LogP contribution < -0.4 is 19.5 Å². The number of fused-ring (bicyclic) bond motifs is 3. The second-order valence-electron chi connectivity index (χ2n) is 9.03. The number of hydrogen-bond donors (Lipinski definition) is 2. The molecule has 3 atom stereocenters. The van der Waals surface area contributed by atoms with Gasteiger partial charge in [-0.05, 0) is 85.8 Å². The van der Waals surface area contributed by atoms with E-state index < -0.39 is 10.0 Å². The molecule has 9 heteroatoms. The molecule has 37 heavy (non-hydrogen) atoms. The van der Waals surface area contributed by atoms with E-state index in [4.69, 9.17) is 32.7 Å². The minimum Gasteiger partial charge on any atom is -0.490 e. The van der Waals surface area contributed by atoms with Gasteiger partial charge < -0.3 is 14.8 Å². The molecule has 0 radical (unpaired) electrons. The molecule has 0 spiro atoms. The second kappa shape index (κ2) is 10.5. The number of halogens is 2. The van der Waals surface area contributed by atoms with E-state index >= 15 is 0 Å². The van der Waals surface area contributed by atoms with Crippen molar-refractivity contribution < 1.29 is 17.9 Å². The molecular weight excluding hydrogens is 531 g/mol. The number of ether oxygens (including phenoxy) is 2. The van der Waals surface area contributed by atoms with E-state index in [-0.39, 0.29) is 33.5 Å². The lowest BCUT2D eigenvalue weighted by Crippen LogP contribution is -2.29. The van der Waals surface area contributed by atoms with Gasteiger partial charge in [-0.3, -0.25) is 4.72 Å². The molecule has 1 aliphatic heterocycles. The predicted molar refractivity (Wildman–Crippen MR) is 149 cm³/mol. The highest BCUT2D eigenvalue weighted by atomic mass is 35.5. The molecule has 2 N–H and O–H groups in total. The molecule has 0 aromatic heterocycles. The number of hydrogen-bond acceptors (Lipinski definition) is 5. The van der Waals surface area contributed by atoms with Crippen LogP contribution in [0.2, 0.25) is 10.0 Å². The van der Waals surface area contributed by atoms with E-state index in [1.54, 1.807) is 24.3 Å². The summed E-state index contributed by atoms with van der Waals surface area (Å²) in [6.07, 6.45) is 5.23. The van der Waals surface area contributed by atoms with Crippen LogP contribution in [0, 0.1) is 5.92 Å². The molecular formula is C28H28Cl2N2O4S. The quantitative estimate of drug-likeness (QED) is 0.281. The van der Waals surface area contributed by atoms with Crippen LogP contribution in [-0.2, 0) is 10.0 Å². The standard InChI is InChI=1S/C28H28Cl2N2O4S/c1-3-35-26-13-8-17(14-27(26)36-4-2)28-21-7-5-6-20(21)22-16-19(10-12-24(22)31-28)37(33,34)32-25-11-9-18(29)15-23(25)30/h5-6,8-16,20-21,28,31-32H,3-4,7H2,1-2H3/t20-,21+,28+/m0/s1. The predicted octanol–water partition coefficient (Wildman–Crippen LogP) is 7.42. The summed E-state index contributed by atoms with van der Waals surface area (Å²) < 4.78 is 40.6. The Bertz CT molecular complexity index is 1460. The highest BCUT2D eigenvalue weighted by molar-refractivity contribution is 7.92. The van der Waals surface area contributed by atoms with Crippen LogP contribution in [0.15, 0.2) is 71.6 Å². The third-order valence-corrected chi connectivity index (χ3v) is 8.66. The van der Waals surface area contributed by atoms with Crippen molar-refractivity contribution >= 4 is 44.6 Å². The summed E-state index contributed by atoms with van der Waals surface area (Å²) in [5, 5.41) is 4.33. The zero-order valence-corrected chi connectivity index (χ0v) is 22.8. The molecule has 0 unspecified atom stereocenters. The fourth-order valence-corrected chi connectivity index (χ4v) is 6.73. The van der Waals surface area contributed by atoms with Crippen molar-refractivity contribution in [2.45, 2.75) is 37.1 Å². The average Bonchev–Trinajstić information content (AvgIpc) is 3.37. The lowest BCUT2D eigenvalue weighted by Gasteiger charge is -2.38.